The van der Waals surface area contributed by atoms with E-state index in [9.17, 15) is 8.42 Å². The van der Waals surface area contributed by atoms with Gasteiger partial charge in [0.1, 0.15) is 0 Å². The number of hydrogen-bond acceptors (Lipinski definition) is 4. The first-order valence-electron chi connectivity index (χ1n) is 7.11. The Kier molecular flexibility index (Phi) is 10.8. The molecule has 1 aromatic carbocycles. The van der Waals surface area contributed by atoms with Crippen LogP contribution in [0.15, 0.2) is 46.3 Å². The highest BCUT2D eigenvalue weighted by Gasteiger charge is 2.13. The van der Waals surface area contributed by atoms with Gasteiger partial charge in [-0.15, -0.1) is 24.0 Å². The van der Waals surface area contributed by atoms with E-state index < -0.39 is 10.0 Å². The smallest absolute Gasteiger partial charge is 0.240 e. The molecular weight excluding hydrogens is 443 g/mol. The second-order valence-electron chi connectivity index (χ2n) is 5.05. The van der Waals surface area contributed by atoms with Crippen LogP contribution in [0.2, 0.25) is 0 Å². The molecular formula is C15H25IN4O3S. The molecule has 0 aromatic heterocycles. The maximum Gasteiger partial charge on any atom is 0.240 e. The van der Waals surface area contributed by atoms with Crippen molar-refractivity contribution in [3.63, 3.8) is 0 Å². The van der Waals surface area contributed by atoms with Gasteiger partial charge in [0.15, 0.2) is 5.96 Å². The zero-order valence-electron chi connectivity index (χ0n) is 13.9. The quantitative estimate of drug-likeness (QED) is 0.166. The molecule has 0 amide bonds. The van der Waals surface area contributed by atoms with Crippen molar-refractivity contribution in [2.75, 3.05) is 26.8 Å². The SMILES string of the molecule is C=C(C)CNC(N)=NCc1cccc(S(=O)(=O)NCCOC)c1.I. The van der Waals surface area contributed by atoms with Gasteiger partial charge in [-0.1, -0.05) is 24.3 Å². The van der Waals surface area contributed by atoms with E-state index in [4.69, 9.17) is 10.5 Å². The van der Waals surface area contributed by atoms with Gasteiger partial charge in [-0.25, -0.2) is 18.1 Å². The minimum atomic E-state index is -3.55. The first-order chi connectivity index (χ1) is 10.8. The molecule has 0 aliphatic rings. The summed E-state index contributed by atoms with van der Waals surface area (Å²) in [7, 11) is -2.04. The van der Waals surface area contributed by atoms with Crippen molar-refractivity contribution in [3.05, 3.63) is 42.0 Å². The molecule has 0 saturated heterocycles. The lowest BCUT2D eigenvalue weighted by Gasteiger charge is -2.08. The number of hydrogen-bond donors (Lipinski definition) is 3. The number of nitrogens with zero attached hydrogens (tertiary/aromatic N) is 1. The van der Waals surface area contributed by atoms with Crippen molar-refractivity contribution >= 4 is 40.0 Å². The molecule has 0 saturated carbocycles. The highest BCUT2D eigenvalue weighted by Crippen LogP contribution is 2.12. The Morgan fingerprint density at radius 2 is 2.12 bits per heavy atom. The Balaban J connectivity index is 0.00000529. The van der Waals surface area contributed by atoms with Gasteiger partial charge in [-0.05, 0) is 24.6 Å². The summed E-state index contributed by atoms with van der Waals surface area (Å²) >= 11 is 0. The third-order valence-electron chi connectivity index (χ3n) is 2.81. The second-order valence-corrected chi connectivity index (χ2v) is 6.82. The van der Waals surface area contributed by atoms with Gasteiger partial charge in [-0.2, -0.15) is 0 Å². The summed E-state index contributed by atoms with van der Waals surface area (Å²) < 4.78 is 31.5. The third kappa shape index (κ3) is 8.62. The highest BCUT2D eigenvalue weighted by molar-refractivity contribution is 14.0. The molecule has 136 valence electrons. The van der Waals surface area contributed by atoms with E-state index in [0.717, 1.165) is 11.1 Å². The maximum absolute atomic E-state index is 12.1. The topological polar surface area (TPSA) is 106 Å². The lowest BCUT2D eigenvalue weighted by molar-refractivity contribution is 0.204. The normalized spacial score (nSPS) is 11.7. The minimum Gasteiger partial charge on any atom is -0.383 e. The van der Waals surface area contributed by atoms with Gasteiger partial charge < -0.3 is 15.8 Å². The number of halogens is 1. The second kappa shape index (κ2) is 11.4. The summed E-state index contributed by atoms with van der Waals surface area (Å²) in [5.41, 5.74) is 7.42. The first kappa shape index (κ1) is 22.8. The van der Waals surface area contributed by atoms with Crippen molar-refractivity contribution in [2.45, 2.75) is 18.4 Å². The molecule has 0 unspecified atom stereocenters. The molecule has 0 heterocycles. The molecule has 1 rings (SSSR count). The highest BCUT2D eigenvalue weighted by atomic mass is 127. The number of guanidine groups is 1. The number of ether oxygens (including phenoxy) is 1. The molecule has 0 bridgehead atoms. The third-order valence-corrected chi connectivity index (χ3v) is 4.27. The summed E-state index contributed by atoms with van der Waals surface area (Å²) in [5.74, 6) is 0.291. The van der Waals surface area contributed by atoms with E-state index in [1.54, 1.807) is 18.2 Å². The Morgan fingerprint density at radius 1 is 1.42 bits per heavy atom. The van der Waals surface area contributed by atoms with Crippen molar-refractivity contribution < 1.29 is 13.2 Å². The van der Waals surface area contributed by atoms with Gasteiger partial charge in [0.2, 0.25) is 10.0 Å². The molecule has 0 aliphatic heterocycles. The van der Waals surface area contributed by atoms with E-state index in [0.29, 0.717) is 19.1 Å². The van der Waals surface area contributed by atoms with Crippen LogP contribution in [0, 0.1) is 0 Å². The number of nitrogens with two attached hydrogens (primary N) is 1. The Hall–Kier alpha value is -1.17. The summed E-state index contributed by atoms with van der Waals surface area (Å²) in [5, 5.41) is 2.92. The van der Waals surface area contributed by atoms with Crippen LogP contribution in [0.4, 0.5) is 0 Å². The molecule has 4 N–H and O–H groups in total. The molecule has 9 heteroatoms. The molecule has 0 aliphatic carbocycles. The van der Waals surface area contributed by atoms with Gasteiger partial charge in [0, 0.05) is 20.2 Å². The minimum absolute atomic E-state index is 0. The molecule has 24 heavy (non-hydrogen) atoms. The fourth-order valence-electron chi connectivity index (χ4n) is 1.65. The molecule has 0 spiro atoms. The van der Waals surface area contributed by atoms with Gasteiger partial charge in [0.25, 0.3) is 0 Å². The molecule has 0 atom stereocenters. The average Bonchev–Trinajstić information content (AvgIpc) is 2.51. The van der Waals surface area contributed by atoms with Gasteiger partial charge in [0.05, 0.1) is 18.0 Å². The fraction of sp³-hybridized carbons (Fsp3) is 0.400. The lowest BCUT2D eigenvalue weighted by atomic mass is 10.2. The van der Waals surface area contributed by atoms with Crippen LogP contribution >= 0.6 is 24.0 Å². The molecule has 0 radical (unpaired) electrons. The van der Waals surface area contributed by atoms with E-state index in [1.807, 2.05) is 6.92 Å². The predicted octanol–water partition coefficient (Wildman–Crippen LogP) is 1.21. The summed E-state index contributed by atoms with van der Waals surface area (Å²) in [6.45, 7) is 7.01. The monoisotopic (exact) mass is 468 g/mol. The van der Waals surface area contributed by atoms with E-state index >= 15 is 0 Å². The number of methoxy groups -OCH3 is 1. The van der Waals surface area contributed by atoms with Crippen molar-refractivity contribution in [3.8, 4) is 0 Å². The van der Waals surface area contributed by atoms with E-state index in [2.05, 4.69) is 21.6 Å². The van der Waals surface area contributed by atoms with Crippen LogP contribution in [0.3, 0.4) is 0 Å². The Morgan fingerprint density at radius 3 is 2.75 bits per heavy atom. The van der Waals surface area contributed by atoms with Crippen LogP contribution in [-0.2, 0) is 21.3 Å². The summed E-state index contributed by atoms with van der Waals surface area (Å²) in [4.78, 5) is 4.36. The number of aliphatic imine (C=N–C) groups is 1. The lowest BCUT2D eigenvalue weighted by Crippen LogP contribution is -2.32. The number of benzene rings is 1. The van der Waals surface area contributed by atoms with E-state index in [-0.39, 0.29) is 42.0 Å². The van der Waals surface area contributed by atoms with E-state index in [1.165, 1.54) is 13.2 Å². The first-order valence-corrected chi connectivity index (χ1v) is 8.59. The van der Waals surface area contributed by atoms with Crippen LogP contribution in [0.1, 0.15) is 12.5 Å². The standard InChI is InChI=1S/C15H24N4O3S.HI/c1-12(2)10-17-15(16)18-11-13-5-4-6-14(9-13)23(20,21)19-7-8-22-3;/h4-6,9,19H,1,7-8,10-11H2,2-3H3,(H3,16,17,18);1H. The summed E-state index contributed by atoms with van der Waals surface area (Å²) in [6, 6.07) is 6.58. The number of sulfonamides is 1. The van der Waals surface area contributed by atoms with Gasteiger partial charge >= 0.3 is 0 Å². The number of rotatable bonds is 9. The Bertz CT molecular complexity index is 662. The average molecular weight is 468 g/mol. The zero-order valence-corrected chi connectivity index (χ0v) is 17.1. The largest absolute Gasteiger partial charge is 0.383 e. The van der Waals surface area contributed by atoms with Crippen molar-refractivity contribution in [1.82, 2.24) is 10.0 Å². The molecule has 7 nitrogen and oxygen atoms in total. The maximum atomic E-state index is 12.1. The molecule has 0 fully saturated rings. The fourth-order valence-corrected chi connectivity index (χ4v) is 2.73. The van der Waals surface area contributed by atoms with Gasteiger partial charge in [-0.3, -0.25) is 0 Å². The van der Waals surface area contributed by atoms with Crippen LogP contribution < -0.4 is 15.8 Å². The molecule has 1 aromatic rings. The van der Waals surface area contributed by atoms with Crippen LogP contribution in [0.5, 0.6) is 0 Å². The summed E-state index contributed by atoms with van der Waals surface area (Å²) in [6.07, 6.45) is 0. The zero-order chi connectivity index (χ0) is 17.3. The Labute approximate surface area is 160 Å². The van der Waals surface area contributed by atoms with Crippen molar-refractivity contribution in [1.29, 1.82) is 0 Å². The predicted molar refractivity (Wildman–Crippen MR) is 107 cm³/mol. The van der Waals surface area contributed by atoms with Crippen LogP contribution in [0.25, 0.3) is 0 Å². The van der Waals surface area contributed by atoms with Crippen LogP contribution in [-0.4, -0.2) is 41.2 Å². The van der Waals surface area contributed by atoms with Crippen molar-refractivity contribution in [2.24, 2.45) is 10.7 Å². The number of nitrogens with one attached hydrogen (secondary N) is 2.